The highest BCUT2D eigenvalue weighted by Gasteiger charge is 2.15. The molecule has 0 aromatic heterocycles. The number of rotatable bonds is 2. The third kappa shape index (κ3) is 6.60. The van der Waals surface area contributed by atoms with Gasteiger partial charge in [-0.2, -0.15) is 10.5 Å². The van der Waals surface area contributed by atoms with Crippen LogP contribution in [0.4, 0.5) is 0 Å². The van der Waals surface area contributed by atoms with Gasteiger partial charge in [0, 0.05) is 0 Å². The van der Waals surface area contributed by atoms with Crippen LogP contribution in [0.2, 0.25) is 19.6 Å². The van der Waals surface area contributed by atoms with Crippen molar-refractivity contribution in [3.8, 4) is 23.6 Å². The Balaban J connectivity index is 0.000000235. The smallest absolute Gasteiger partial charge is 0.242 e. The van der Waals surface area contributed by atoms with E-state index in [0.29, 0.717) is 11.1 Å². The maximum atomic E-state index is 8.74. The van der Waals surface area contributed by atoms with Crippen LogP contribution in [0.25, 0.3) is 0 Å². The fourth-order valence-corrected chi connectivity index (χ4v) is 2.33. The molecular weight excluding hydrogens is 292 g/mol. The predicted octanol–water partition coefficient (Wildman–Crippen LogP) is 4.04. The van der Waals surface area contributed by atoms with Crippen molar-refractivity contribution in [3.63, 3.8) is 0 Å². The number of nitriles is 2. The summed E-state index contributed by atoms with van der Waals surface area (Å²) in [6.07, 6.45) is 0. The lowest BCUT2D eigenvalue weighted by Gasteiger charge is -2.18. The van der Waals surface area contributed by atoms with Gasteiger partial charge in [-0.15, -0.1) is 0 Å². The van der Waals surface area contributed by atoms with Crippen LogP contribution < -0.4 is 4.43 Å². The molecular formula is C17H18N2O2Si. The van der Waals surface area contributed by atoms with Crippen LogP contribution in [0.15, 0.2) is 48.5 Å². The van der Waals surface area contributed by atoms with Crippen LogP contribution in [-0.4, -0.2) is 13.4 Å². The molecule has 22 heavy (non-hydrogen) atoms. The zero-order chi connectivity index (χ0) is 16.6. The second-order valence-corrected chi connectivity index (χ2v) is 9.94. The van der Waals surface area contributed by atoms with Crippen molar-refractivity contribution in [1.82, 2.24) is 0 Å². The van der Waals surface area contributed by atoms with Crippen molar-refractivity contribution < 1.29 is 9.53 Å². The third-order valence-electron chi connectivity index (χ3n) is 2.40. The lowest BCUT2D eigenvalue weighted by molar-refractivity contribution is 0.475. The number of hydrogen-bond acceptors (Lipinski definition) is 4. The van der Waals surface area contributed by atoms with Crippen LogP contribution in [0.1, 0.15) is 11.1 Å². The van der Waals surface area contributed by atoms with Crippen molar-refractivity contribution in [2.75, 3.05) is 0 Å². The van der Waals surface area contributed by atoms with E-state index >= 15 is 0 Å². The normalized spacial score (nSPS) is 9.68. The summed E-state index contributed by atoms with van der Waals surface area (Å²) in [7, 11) is -1.51. The molecule has 0 aliphatic heterocycles. The topological polar surface area (TPSA) is 77.0 Å². The van der Waals surface area contributed by atoms with Crippen LogP contribution in [0.5, 0.6) is 11.5 Å². The van der Waals surface area contributed by atoms with Gasteiger partial charge in [0.1, 0.15) is 11.5 Å². The summed E-state index contributed by atoms with van der Waals surface area (Å²) >= 11 is 0. The fraction of sp³-hybridized carbons (Fsp3) is 0.176. The van der Waals surface area contributed by atoms with Crippen LogP contribution >= 0.6 is 0 Å². The summed E-state index contributed by atoms with van der Waals surface area (Å²) in [5.74, 6) is 1.05. The highest BCUT2D eigenvalue weighted by Crippen LogP contribution is 2.16. The van der Waals surface area contributed by atoms with Crippen molar-refractivity contribution in [3.05, 3.63) is 59.7 Å². The highest BCUT2D eigenvalue weighted by atomic mass is 28.4. The number of benzene rings is 2. The van der Waals surface area contributed by atoms with E-state index in [2.05, 4.69) is 25.7 Å². The molecule has 2 rings (SSSR count). The lowest BCUT2D eigenvalue weighted by Crippen LogP contribution is -2.29. The maximum Gasteiger partial charge on any atom is 0.242 e. The van der Waals surface area contributed by atoms with E-state index in [1.54, 1.807) is 24.3 Å². The van der Waals surface area contributed by atoms with Gasteiger partial charge in [-0.25, -0.2) is 0 Å². The molecule has 0 heterocycles. The second-order valence-electron chi connectivity index (χ2n) is 5.51. The average Bonchev–Trinajstić information content (AvgIpc) is 2.48. The molecule has 2 aromatic carbocycles. The number of aromatic hydroxyl groups is 1. The zero-order valence-corrected chi connectivity index (χ0v) is 13.9. The van der Waals surface area contributed by atoms with Gasteiger partial charge in [0.05, 0.1) is 23.3 Å². The van der Waals surface area contributed by atoms with Crippen molar-refractivity contribution in [1.29, 1.82) is 10.5 Å². The Bertz CT molecular complexity index is 675. The molecule has 4 nitrogen and oxygen atoms in total. The molecule has 0 amide bonds. The first kappa shape index (κ1) is 17.3. The molecule has 0 fully saturated rings. The Morgan fingerprint density at radius 1 is 0.818 bits per heavy atom. The quantitative estimate of drug-likeness (QED) is 0.849. The van der Waals surface area contributed by atoms with E-state index in [9.17, 15) is 0 Å². The van der Waals surface area contributed by atoms with E-state index in [-0.39, 0.29) is 5.75 Å². The Kier molecular flexibility index (Phi) is 6.19. The molecule has 0 saturated carbocycles. The Morgan fingerprint density at radius 3 is 1.59 bits per heavy atom. The first-order valence-corrected chi connectivity index (χ1v) is 10.1. The summed E-state index contributed by atoms with van der Waals surface area (Å²) in [5, 5.41) is 25.6. The molecule has 0 spiro atoms. The zero-order valence-electron chi connectivity index (χ0n) is 12.9. The maximum absolute atomic E-state index is 8.74. The monoisotopic (exact) mass is 310 g/mol. The Labute approximate surface area is 132 Å². The standard InChI is InChI=1S/C10H13NOSi.C7H5NO/c1-13(2,3)12-10-6-4-9(8-11)5-7-10;8-5-6-1-3-7(9)4-2-6/h4-7H,1-3H3;1-4,9H. The molecule has 2 aromatic rings. The van der Waals surface area contributed by atoms with Gasteiger partial charge in [-0.1, -0.05) is 0 Å². The van der Waals surface area contributed by atoms with E-state index in [1.165, 1.54) is 12.1 Å². The minimum atomic E-state index is -1.51. The number of nitrogens with zero attached hydrogens (tertiary/aromatic N) is 2. The van der Waals surface area contributed by atoms with Crippen molar-refractivity contribution in [2.24, 2.45) is 0 Å². The first-order chi connectivity index (χ1) is 10.3. The minimum Gasteiger partial charge on any atom is -0.544 e. The number of phenolic OH excluding ortho intramolecular Hbond substituents is 1. The summed E-state index contributed by atoms with van der Waals surface area (Å²) in [6.45, 7) is 6.39. The first-order valence-electron chi connectivity index (χ1n) is 6.72. The molecule has 0 unspecified atom stereocenters. The summed E-state index contributed by atoms with van der Waals surface area (Å²) in [5.41, 5.74) is 1.23. The molecule has 0 aliphatic rings. The van der Waals surface area contributed by atoms with Gasteiger partial charge in [0.2, 0.25) is 8.32 Å². The molecule has 0 aliphatic carbocycles. The van der Waals surface area contributed by atoms with E-state index in [4.69, 9.17) is 20.1 Å². The summed E-state index contributed by atoms with van der Waals surface area (Å²) < 4.78 is 5.73. The summed E-state index contributed by atoms with van der Waals surface area (Å²) in [4.78, 5) is 0. The molecule has 0 radical (unpaired) electrons. The molecule has 5 heteroatoms. The van der Waals surface area contributed by atoms with E-state index < -0.39 is 8.32 Å². The number of hydrogen-bond donors (Lipinski definition) is 1. The predicted molar refractivity (Wildman–Crippen MR) is 88.0 cm³/mol. The van der Waals surface area contributed by atoms with Gasteiger partial charge >= 0.3 is 0 Å². The van der Waals surface area contributed by atoms with Gasteiger partial charge in [-0.05, 0) is 68.2 Å². The Hall–Kier alpha value is -2.76. The fourth-order valence-electron chi connectivity index (χ4n) is 1.49. The third-order valence-corrected chi connectivity index (χ3v) is 3.25. The van der Waals surface area contributed by atoms with Gasteiger partial charge in [-0.3, -0.25) is 0 Å². The average molecular weight is 310 g/mol. The second kappa shape index (κ2) is 7.87. The van der Waals surface area contributed by atoms with E-state index in [0.717, 1.165) is 5.75 Å². The minimum absolute atomic E-state index is 0.189. The van der Waals surface area contributed by atoms with Crippen LogP contribution in [0, 0.1) is 22.7 Å². The van der Waals surface area contributed by atoms with Crippen LogP contribution in [-0.2, 0) is 0 Å². The molecule has 0 atom stereocenters. The van der Waals surface area contributed by atoms with E-state index in [1.807, 2.05) is 18.2 Å². The van der Waals surface area contributed by atoms with Crippen molar-refractivity contribution in [2.45, 2.75) is 19.6 Å². The Morgan fingerprint density at radius 2 is 1.23 bits per heavy atom. The lowest BCUT2D eigenvalue weighted by atomic mass is 10.2. The molecule has 1 N–H and O–H groups in total. The van der Waals surface area contributed by atoms with Crippen molar-refractivity contribution >= 4 is 8.32 Å². The van der Waals surface area contributed by atoms with Gasteiger partial charge < -0.3 is 9.53 Å². The van der Waals surface area contributed by atoms with Gasteiger partial charge in [0.15, 0.2) is 0 Å². The largest absolute Gasteiger partial charge is 0.544 e. The molecule has 112 valence electrons. The highest BCUT2D eigenvalue weighted by molar-refractivity contribution is 6.70. The van der Waals surface area contributed by atoms with Crippen LogP contribution in [0.3, 0.4) is 0 Å². The number of phenols is 1. The summed E-state index contributed by atoms with van der Waals surface area (Å²) in [6, 6.07) is 17.3. The van der Waals surface area contributed by atoms with Gasteiger partial charge in [0.25, 0.3) is 0 Å². The SMILES string of the molecule is C[Si](C)(C)Oc1ccc(C#N)cc1.N#Cc1ccc(O)cc1. The molecule has 0 saturated heterocycles. The molecule has 0 bridgehead atoms.